The van der Waals surface area contributed by atoms with Crippen molar-refractivity contribution in [3.05, 3.63) is 69.3 Å². The van der Waals surface area contributed by atoms with Crippen LogP contribution in [0.15, 0.2) is 41.2 Å². The summed E-state index contributed by atoms with van der Waals surface area (Å²) in [6, 6.07) is 9.99. The summed E-state index contributed by atoms with van der Waals surface area (Å²) in [4.78, 5) is 31.0. The molecule has 2 aliphatic rings. The zero-order valence-corrected chi connectivity index (χ0v) is 18.7. The van der Waals surface area contributed by atoms with Gasteiger partial charge in [0.1, 0.15) is 18.2 Å². The van der Waals surface area contributed by atoms with E-state index in [2.05, 4.69) is 4.98 Å². The number of nitrogens with one attached hydrogen (secondary N) is 1. The first-order valence-corrected chi connectivity index (χ1v) is 11.5. The lowest BCUT2D eigenvalue weighted by atomic mass is 9.95. The molecule has 0 aliphatic carbocycles. The molecule has 0 atom stereocenters. The number of benzene rings is 2. The maximum Gasteiger partial charge on any atom is 0.230 e. The van der Waals surface area contributed by atoms with Crippen LogP contribution in [-0.4, -0.2) is 30.6 Å². The fourth-order valence-electron chi connectivity index (χ4n) is 4.75. The summed E-state index contributed by atoms with van der Waals surface area (Å²) in [5, 5.41) is 0.326. The first kappa shape index (κ1) is 21.6. The quantitative estimate of drug-likeness (QED) is 0.645. The number of fused-ring (bicyclic) bond motifs is 2. The van der Waals surface area contributed by atoms with Crippen molar-refractivity contribution in [2.45, 2.75) is 39.2 Å². The van der Waals surface area contributed by atoms with Crippen molar-refractivity contribution in [1.82, 2.24) is 4.98 Å². The van der Waals surface area contributed by atoms with Crippen molar-refractivity contribution >= 4 is 22.5 Å². The molecule has 3 heterocycles. The molecular formula is C26H27FN2O4. The molecule has 1 N–H and O–H groups in total. The van der Waals surface area contributed by atoms with Crippen molar-refractivity contribution in [3.8, 4) is 5.75 Å². The molecule has 0 saturated carbocycles. The molecular weight excluding hydrogens is 423 g/mol. The minimum absolute atomic E-state index is 0.00411. The number of aryl methyl sites for hydroxylation is 1. The molecule has 5 rings (SSSR count). The van der Waals surface area contributed by atoms with Gasteiger partial charge in [-0.25, -0.2) is 4.39 Å². The Kier molecular flexibility index (Phi) is 5.89. The number of halogens is 1. The number of ether oxygens (including phenoxy) is 2. The highest BCUT2D eigenvalue weighted by Crippen LogP contribution is 2.33. The lowest BCUT2D eigenvalue weighted by molar-refractivity contribution is -0.125. The van der Waals surface area contributed by atoms with Crippen LogP contribution >= 0.6 is 0 Å². The third-order valence-electron chi connectivity index (χ3n) is 6.70. The highest BCUT2D eigenvalue weighted by molar-refractivity contribution is 5.96. The molecule has 0 radical (unpaired) electrons. The van der Waals surface area contributed by atoms with Gasteiger partial charge in [0.15, 0.2) is 5.43 Å². The molecule has 0 bridgehead atoms. The molecule has 2 aliphatic heterocycles. The normalized spacial score (nSPS) is 16.6. The van der Waals surface area contributed by atoms with Crippen LogP contribution in [0.25, 0.3) is 10.9 Å². The molecule has 1 aromatic heterocycles. The summed E-state index contributed by atoms with van der Waals surface area (Å²) in [7, 11) is 0. The molecule has 0 spiro atoms. The van der Waals surface area contributed by atoms with Gasteiger partial charge in [0, 0.05) is 48.2 Å². The maximum absolute atomic E-state index is 13.6. The van der Waals surface area contributed by atoms with Crippen LogP contribution in [0.1, 0.15) is 36.1 Å². The second-order valence-corrected chi connectivity index (χ2v) is 8.81. The van der Waals surface area contributed by atoms with E-state index in [1.54, 1.807) is 13.0 Å². The van der Waals surface area contributed by atoms with Crippen molar-refractivity contribution < 1.29 is 18.7 Å². The van der Waals surface area contributed by atoms with Gasteiger partial charge in [-0.1, -0.05) is 6.07 Å². The molecule has 172 valence electrons. The third kappa shape index (κ3) is 4.25. The first-order chi connectivity index (χ1) is 16.0. The van der Waals surface area contributed by atoms with Gasteiger partial charge in [0.25, 0.3) is 0 Å². The summed E-state index contributed by atoms with van der Waals surface area (Å²) >= 11 is 0. The number of nitrogens with zero attached hydrogens (tertiary/aromatic N) is 1. The molecule has 1 fully saturated rings. The summed E-state index contributed by atoms with van der Waals surface area (Å²) in [5.41, 5.74) is 3.57. The average Bonchev–Trinajstić information content (AvgIpc) is 2.85. The molecule has 0 unspecified atom stereocenters. The van der Waals surface area contributed by atoms with Crippen molar-refractivity contribution in [2.75, 3.05) is 24.7 Å². The Labute approximate surface area is 191 Å². The lowest BCUT2D eigenvalue weighted by Gasteiger charge is -2.33. The second kappa shape index (κ2) is 8.98. The molecule has 7 heteroatoms. The Morgan fingerprint density at radius 3 is 2.85 bits per heavy atom. The molecule has 6 nitrogen and oxygen atoms in total. The van der Waals surface area contributed by atoms with E-state index in [9.17, 15) is 14.0 Å². The molecule has 3 aromatic rings. The second-order valence-electron chi connectivity index (χ2n) is 8.81. The van der Waals surface area contributed by atoms with E-state index in [4.69, 9.17) is 9.47 Å². The first-order valence-electron chi connectivity index (χ1n) is 11.5. The van der Waals surface area contributed by atoms with Crippen molar-refractivity contribution in [1.29, 1.82) is 0 Å². The molecule has 2 aromatic carbocycles. The monoisotopic (exact) mass is 450 g/mol. The number of carbonyl (C=O) groups is 1. The predicted molar refractivity (Wildman–Crippen MR) is 124 cm³/mol. The topological polar surface area (TPSA) is 71.6 Å². The number of pyridine rings is 1. The Hall–Kier alpha value is -3.19. The van der Waals surface area contributed by atoms with Crippen LogP contribution in [0.4, 0.5) is 10.1 Å². The van der Waals surface area contributed by atoms with Crippen LogP contribution in [0.3, 0.4) is 0 Å². The average molecular weight is 451 g/mol. The van der Waals surface area contributed by atoms with E-state index in [1.165, 1.54) is 12.1 Å². The Balaban J connectivity index is 1.38. The maximum atomic E-state index is 13.6. The van der Waals surface area contributed by atoms with Gasteiger partial charge in [-0.2, -0.15) is 0 Å². The minimum Gasteiger partial charge on any atom is -0.487 e. The van der Waals surface area contributed by atoms with Gasteiger partial charge in [-0.15, -0.1) is 0 Å². The van der Waals surface area contributed by atoms with E-state index in [0.717, 1.165) is 36.9 Å². The van der Waals surface area contributed by atoms with Gasteiger partial charge in [0.05, 0.1) is 11.4 Å². The SMILES string of the molecule is Cc1c(COc2ccc3c(c2)N(C(=O)C2CCOCC2)CCC3)[nH]c2ccc(F)cc2c1=O. The molecule has 1 amide bonds. The highest BCUT2D eigenvalue weighted by atomic mass is 19.1. The number of rotatable bonds is 4. The van der Waals surface area contributed by atoms with Gasteiger partial charge < -0.3 is 19.4 Å². The number of hydrogen-bond acceptors (Lipinski definition) is 4. The molecule has 1 saturated heterocycles. The summed E-state index contributed by atoms with van der Waals surface area (Å²) < 4.78 is 25.0. The number of hydrogen-bond donors (Lipinski definition) is 1. The van der Waals surface area contributed by atoms with E-state index >= 15 is 0 Å². The summed E-state index contributed by atoms with van der Waals surface area (Å²) in [6.07, 6.45) is 3.40. The minimum atomic E-state index is -0.440. The Morgan fingerprint density at radius 2 is 2.03 bits per heavy atom. The number of H-pyrrole nitrogens is 1. The standard InChI is InChI=1S/C26H27FN2O4/c1-16-23(28-22-7-5-19(27)13-21(22)25(16)30)15-33-20-6-4-17-3-2-10-29(24(17)14-20)26(31)18-8-11-32-12-9-18/h4-7,13-14,18H,2-3,8-12,15H2,1H3,(H,28,30). The number of anilines is 1. The number of aromatic nitrogens is 1. The van der Waals surface area contributed by atoms with Gasteiger partial charge in [0.2, 0.25) is 5.91 Å². The summed E-state index contributed by atoms with van der Waals surface area (Å²) in [6.45, 7) is 3.86. The predicted octanol–water partition coefficient (Wildman–Crippen LogP) is 4.26. The largest absolute Gasteiger partial charge is 0.487 e. The fourth-order valence-corrected chi connectivity index (χ4v) is 4.75. The number of aromatic amines is 1. The van der Waals surface area contributed by atoms with E-state index in [-0.39, 0.29) is 23.9 Å². The van der Waals surface area contributed by atoms with E-state index in [1.807, 2.05) is 23.1 Å². The Bertz CT molecular complexity index is 1260. The van der Waals surface area contributed by atoms with E-state index in [0.29, 0.717) is 47.7 Å². The highest BCUT2D eigenvalue weighted by Gasteiger charge is 2.30. The van der Waals surface area contributed by atoms with Crippen LogP contribution in [0.5, 0.6) is 5.75 Å². The third-order valence-corrected chi connectivity index (χ3v) is 6.70. The van der Waals surface area contributed by atoms with Crippen LogP contribution in [0, 0.1) is 18.7 Å². The van der Waals surface area contributed by atoms with Crippen LogP contribution < -0.4 is 15.1 Å². The molecule has 33 heavy (non-hydrogen) atoms. The van der Waals surface area contributed by atoms with Crippen LogP contribution in [0.2, 0.25) is 0 Å². The lowest BCUT2D eigenvalue weighted by Crippen LogP contribution is -2.41. The number of carbonyl (C=O) groups excluding carboxylic acids is 1. The Morgan fingerprint density at radius 1 is 1.21 bits per heavy atom. The summed E-state index contributed by atoms with van der Waals surface area (Å²) in [5.74, 6) is 0.368. The van der Waals surface area contributed by atoms with Crippen LogP contribution in [-0.2, 0) is 22.6 Å². The zero-order valence-electron chi connectivity index (χ0n) is 18.7. The smallest absolute Gasteiger partial charge is 0.230 e. The fraction of sp³-hybridized carbons (Fsp3) is 0.385. The van der Waals surface area contributed by atoms with Crippen molar-refractivity contribution in [3.63, 3.8) is 0 Å². The van der Waals surface area contributed by atoms with Gasteiger partial charge in [-0.05, 0) is 62.4 Å². The number of amides is 1. The van der Waals surface area contributed by atoms with Crippen molar-refractivity contribution in [2.24, 2.45) is 5.92 Å². The van der Waals surface area contributed by atoms with Gasteiger partial charge >= 0.3 is 0 Å². The van der Waals surface area contributed by atoms with Gasteiger partial charge in [-0.3, -0.25) is 9.59 Å². The van der Waals surface area contributed by atoms with E-state index < -0.39 is 5.82 Å². The zero-order chi connectivity index (χ0) is 22.9.